The van der Waals surface area contributed by atoms with Crippen molar-refractivity contribution < 1.29 is 19.2 Å². The van der Waals surface area contributed by atoms with Crippen LogP contribution in [0, 0.1) is 0 Å². The van der Waals surface area contributed by atoms with Crippen molar-refractivity contribution in [3.8, 4) is 11.1 Å². The smallest absolute Gasteiger partial charge is 0.347 e. The third-order valence-corrected chi connectivity index (χ3v) is 3.37. The van der Waals surface area contributed by atoms with Gasteiger partial charge in [0.15, 0.2) is 6.61 Å². The number of fused-ring (bicyclic) bond motifs is 3. The maximum Gasteiger partial charge on any atom is 0.347 e. The van der Waals surface area contributed by atoms with Gasteiger partial charge in [0, 0.05) is 11.1 Å². The fourth-order valence-corrected chi connectivity index (χ4v) is 2.44. The molecule has 0 spiro atoms. The van der Waals surface area contributed by atoms with E-state index in [1.165, 1.54) is 0 Å². The Morgan fingerprint density at radius 1 is 0.870 bits per heavy atom. The standard InChI is InChI=1S/C17H14N2O4/c18-15(20)9-22-16(21)10-23-19-17-13-7-3-1-5-11(13)12-6-2-4-8-14(12)17/h1-8H,9-10H2,(H2,18,20). The van der Waals surface area contributed by atoms with Crippen molar-refractivity contribution in [2.24, 2.45) is 10.9 Å². The number of amides is 1. The molecule has 0 bridgehead atoms. The third kappa shape index (κ3) is 3.06. The molecule has 1 amide bonds. The zero-order valence-corrected chi connectivity index (χ0v) is 12.2. The van der Waals surface area contributed by atoms with Gasteiger partial charge in [-0.15, -0.1) is 0 Å². The minimum Gasteiger partial charge on any atom is -0.453 e. The molecule has 6 heteroatoms. The van der Waals surface area contributed by atoms with Gasteiger partial charge in [-0.25, -0.2) is 4.79 Å². The zero-order valence-electron chi connectivity index (χ0n) is 12.2. The number of ether oxygens (including phenoxy) is 1. The first-order chi connectivity index (χ1) is 11.2. The maximum atomic E-state index is 11.4. The van der Waals surface area contributed by atoms with Crippen LogP contribution in [0.4, 0.5) is 0 Å². The number of primary amides is 1. The molecule has 6 nitrogen and oxygen atoms in total. The lowest BCUT2D eigenvalue weighted by molar-refractivity contribution is -0.152. The normalized spacial score (nSPS) is 11.4. The van der Waals surface area contributed by atoms with Gasteiger partial charge in [0.2, 0.25) is 6.61 Å². The molecule has 2 aromatic carbocycles. The van der Waals surface area contributed by atoms with Crippen LogP contribution in [-0.4, -0.2) is 30.8 Å². The molecule has 0 fully saturated rings. The summed E-state index contributed by atoms with van der Waals surface area (Å²) in [5.41, 5.74) is 9.59. The van der Waals surface area contributed by atoms with E-state index in [1.807, 2.05) is 48.5 Å². The van der Waals surface area contributed by atoms with Gasteiger partial charge < -0.3 is 15.3 Å². The van der Waals surface area contributed by atoms with E-state index in [4.69, 9.17) is 10.6 Å². The van der Waals surface area contributed by atoms with Crippen molar-refractivity contribution in [3.63, 3.8) is 0 Å². The Morgan fingerprint density at radius 3 is 1.91 bits per heavy atom. The van der Waals surface area contributed by atoms with Crippen molar-refractivity contribution in [3.05, 3.63) is 59.7 Å². The molecule has 0 saturated carbocycles. The molecule has 0 unspecified atom stereocenters. The number of esters is 1. The average molecular weight is 310 g/mol. The highest BCUT2D eigenvalue weighted by molar-refractivity contribution is 6.24. The van der Waals surface area contributed by atoms with Crippen molar-refractivity contribution in [2.75, 3.05) is 13.2 Å². The number of nitrogens with zero attached hydrogens (tertiary/aromatic N) is 1. The molecule has 3 rings (SSSR count). The van der Waals surface area contributed by atoms with Crippen LogP contribution in [0.15, 0.2) is 53.7 Å². The molecule has 2 N–H and O–H groups in total. The summed E-state index contributed by atoms with van der Waals surface area (Å²) >= 11 is 0. The van der Waals surface area contributed by atoms with Crippen molar-refractivity contribution in [2.45, 2.75) is 0 Å². The van der Waals surface area contributed by atoms with E-state index in [-0.39, 0.29) is 6.61 Å². The minimum atomic E-state index is -0.719. The molecular weight excluding hydrogens is 296 g/mol. The van der Waals surface area contributed by atoms with Crippen LogP contribution in [0.3, 0.4) is 0 Å². The van der Waals surface area contributed by atoms with Crippen LogP contribution in [-0.2, 0) is 19.2 Å². The number of hydrogen-bond donors (Lipinski definition) is 1. The second-order valence-electron chi connectivity index (χ2n) is 4.93. The predicted molar refractivity (Wildman–Crippen MR) is 83.6 cm³/mol. The summed E-state index contributed by atoms with van der Waals surface area (Å²) in [4.78, 5) is 27.0. The first-order valence-electron chi connectivity index (χ1n) is 7.00. The number of carbonyl (C=O) groups is 2. The fourth-order valence-electron chi connectivity index (χ4n) is 2.44. The van der Waals surface area contributed by atoms with Gasteiger partial charge in [-0.1, -0.05) is 53.7 Å². The molecule has 2 aromatic rings. The van der Waals surface area contributed by atoms with Gasteiger partial charge in [0.1, 0.15) is 5.71 Å². The zero-order chi connectivity index (χ0) is 16.2. The molecule has 0 aromatic heterocycles. The highest BCUT2D eigenvalue weighted by Crippen LogP contribution is 2.36. The van der Waals surface area contributed by atoms with E-state index in [2.05, 4.69) is 9.89 Å². The van der Waals surface area contributed by atoms with Gasteiger partial charge in [-0.05, 0) is 11.1 Å². The Kier molecular flexibility index (Phi) is 4.05. The summed E-state index contributed by atoms with van der Waals surface area (Å²) in [6.45, 7) is -0.856. The van der Waals surface area contributed by atoms with Crippen LogP contribution < -0.4 is 5.73 Å². The van der Waals surface area contributed by atoms with Crippen molar-refractivity contribution in [1.82, 2.24) is 0 Å². The summed E-state index contributed by atoms with van der Waals surface area (Å²) in [5, 5.41) is 4.07. The lowest BCUT2D eigenvalue weighted by Gasteiger charge is -2.03. The summed E-state index contributed by atoms with van der Waals surface area (Å²) in [6.07, 6.45) is 0. The first-order valence-corrected chi connectivity index (χ1v) is 7.00. The van der Waals surface area contributed by atoms with Gasteiger partial charge in [-0.3, -0.25) is 4.79 Å². The Bertz CT molecular complexity index is 751. The number of benzene rings is 2. The molecule has 116 valence electrons. The molecule has 0 aliphatic heterocycles. The summed E-state index contributed by atoms with van der Waals surface area (Å²) in [7, 11) is 0. The lowest BCUT2D eigenvalue weighted by atomic mass is 10.1. The fraction of sp³-hybridized carbons (Fsp3) is 0.118. The Labute approximate surface area is 132 Å². The van der Waals surface area contributed by atoms with E-state index in [0.717, 1.165) is 22.3 Å². The summed E-state index contributed by atoms with van der Waals surface area (Å²) < 4.78 is 4.60. The molecule has 1 aliphatic rings. The van der Waals surface area contributed by atoms with E-state index >= 15 is 0 Å². The Balaban J connectivity index is 1.77. The van der Waals surface area contributed by atoms with E-state index in [9.17, 15) is 9.59 Å². The second kappa shape index (κ2) is 6.31. The highest BCUT2D eigenvalue weighted by atomic mass is 16.7. The number of oxime groups is 1. The predicted octanol–water partition coefficient (Wildman–Crippen LogP) is 1.46. The largest absolute Gasteiger partial charge is 0.453 e. The minimum absolute atomic E-state index is 0.388. The molecular formula is C17H14N2O4. The summed E-state index contributed by atoms with van der Waals surface area (Å²) in [5.74, 6) is -1.42. The second-order valence-corrected chi connectivity index (χ2v) is 4.93. The van der Waals surface area contributed by atoms with Crippen LogP contribution in [0.25, 0.3) is 11.1 Å². The van der Waals surface area contributed by atoms with Crippen LogP contribution in [0.2, 0.25) is 0 Å². The molecule has 23 heavy (non-hydrogen) atoms. The van der Waals surface area contributed by atoms with E-state index in [0.29, 0.717) is 5.71 Å². The molecule has 0 atom stereocenters. The van der Waals surface area contributed by atoms with Gasteiger partial charge >= 0.3 is 5.97 Å². The van der Waals surface area contributed by atoms with Crippen molar-refractivity contribution >= 4 is 17.6 Å². The number of rotatable bonds is 5. The van der Waals surface area contributed by atoms with Gasteiger partial charge in [0.25, 0.3) is 5.91 Å². The van der Waals surface area contributed by atoms with Crippen LogP contribution in [0.1, 0.15) is 11.1 Å². The molecule has 1 aliphatic carbocycles. The van der Waals surface area contributed by atoms with Crippen LogP contribution >= 0.6 is 0 Å². The van der Waals surface area contributed by atoms with E-state index < -0.39 is 18.5 Å². The van der Waals surface area contributed by atoms with E-state index in [1.54, 1.807) is 0 Å². The number of carbonyl (C=O) groups excluding carboxylic acids is 2. The molecule has 0 saturated heterocycles. The highest BCUT2D eigenvalue weighted by Gasteiger charge is 2.24. The lowest BCUT2D eigenvalue weighted by Crippen LogP contribution is -2.22. The quantitative estimate of drug-likeness (QED) is 0.570. The number of nitrogens with two attached hydrogens (primary N) is 1. The first kappa shape index (κ1) is 14.8. The Morgan fingerprint density at radius 2 is 1.39 bits per heavy atom. The maximum absolute atomic E-state index is 11.4. The summed E-state index contributed by atoms with van der Waals surface area (Å²) in [6, 6.07) is 15.7. The Hall–Kier alpha value is -3.15. The SMILES string of the molecule is NC(=O)COC(=O)CON=C1c2ccccc2-c2ccccc21. The van der Waals surface area contributed by atoms with Gasteiger partial charge in [0.05, 0.1) is 0 Å². The number of hydrogen-bond acceptors (Lipinski definition) is 5. The van der Waals surface area contributed by atoms with Crippen molar-refractivity contribution in [1.29, 1.82) is 0 Å². The van der Waals surface area contributed by atoms with Gasteiger partial charge in [-0.2, -0.15) is 0 Å². The van der Waals surface area contributed by atoms with Crippen LogP contribution in [0.5, 0.6) is 0 Å². The monoisotopic (exact) mass is 310 g/mol. The third-order valence-electron chi connectivity index (χ3n) is 3.37. The molecule has 0 heterocycles. The topological polar surface area (TPSA) is 91.0 Å². The molecule has 0 radical (unpaired) electrons. The average Bonchev–Trinajstić information content (AvgIpc) is 2.88.